The molecular weight excluding hydrogens is 366 g/mol. The predicted molar refractivity (Wildman–Crippen MR) is 114 cm³/mol. The maximum atomic E-state index is 12.2. The first-order valence-corrected chi connectivity index (χ1v) is 9.46. The molecule has 6 nitrogen and oxygen atoms in total. The minimum atomic E-state index is -0.298. The van der Waals surface area contributed by atoms with Gasteiger partial charge in [0.1, 0.15) is 11.2 Å². The van der Waals surface area contributed by atoms with E-state index in [-0.39, 0.29) is 24.9 Å². The van der Waals surface area contributed by atoms with Crippen molar-refractivity contribution in [3.05, 3.63) is 78.4 Å². The Bertz CT molecular complexity index is 1150. The smallest absolute Gasteiger partial charge is 0.315 e. The second kappa shape index (κ2) is 8.48. The molecule has 1 heterocycles. The van der Waals surface area contributed by atoms with Gasteiger partial charge < -0.3 is 20.4 Å². The number of furan rings is 1. The zero-order valence-corrected chi connectivity index (χ0v) is 15.8. The molecule has 29 heavy (non-hydrogen) atoms. The fraction of sp³-hybridized carbons (Fsp3) is 0.130. The van der Waals surface area contributed by atoms with Crippen molar-refractivity contribution >= 4 is 39.6 Å². The van der Waals surface area contributed by atoms with E-state index in [1.165, 1.54) is 0 Å². The molecule has 0 aliphatic carbocycles. The van der Waals surface area contributed by atoms with Crippen molar-refractivity contribution in [2.24, 2.45) is 0 Å². The van der Waals surface area contributed by atoms with Crippen LogP contribution in [-0.2, 0) is 11.3 Å². The first-order chi connectivity index (χ1) is 14.2. The van der Waals surface area contributed by atoms with Gasteiger partial charge >= 0.3 is 6.03 Å². The Morgan fingerprint density at radius 2 is 1.55 bits per heavy atom. The summed E-state index contributed by atoms with van der Waals surface area (Å²) in [5.41, 5.74) is 3.31. The lowest BCUT2D eigenvalue weighted by Crippen LogP contribution is -2.36. The quantitative estimate of drug-likeness (QED) is 0.458. The molecule has 0 fully saturated rings. The lowest BCUT2D eigenvalue weighted by atomic mass is 10.1. The van der Waals surface area contributed by atoms with Gasteiger partial charge in [0.15, 0.2) is 0 Å². The highest BCUT2D eigenvalue weighted by Crippen LogP contribution is 2.30. The van der Waals surface area contributed by atoms with Crippen LogP contribution in [0.5, 0.6) is 0 Å². The number of benzene rings is 3. The fourth-order valence-electron chi connectivity index (χ4n) is 3.16. The number of rotatable bonds is 6. The average molecular weight is 387 g/mol. The van der Waals surface area contributed by atoms with Crippen LogP contribution in [0, 0.1) is 0 Å². The van der Waals surface area contributed by atoms with Crippen molar-refractivity contribution in [2.45, 2.75) is 13.0 Å². The predicted octanol–water partition coefficient (Wildman–Crippen LogP) is 4.41. The highest BCUT2D eigenvalue weighted by molar-refractivity contribution is 6.06. The van der Waals surface area contributed by atoms with Gasteiger partial charge in [0.05, 0.1) is 0 Å². The van der Waals surface area contributed by atoms with E-state index < -0.39 is 0 Å². The van der Waals surface area contributed by atoms with Crippen LogP contribution in [0.25, 0.3) is 21.9 Å². The van der Waals surface area contributed by atoms with Gasteiger partial charge in [-0.15, -0.1) is 0 Å². The molecule has 1 aromatic heterocycles. The second-order valence-electron chi connectivity index (χ2n) is 6.70. The van der Waals surface area contributed by atoms with E-state index in [0.29, 0.717) is 12.2 Å². The Balaban J connectivity index is 1.27. The molecular formula is C23H21N3O3. The molecule has 6 heteroatoms. The van der Waals surface area contributed by atoms with Gasteiger partial charge in [-0.1, -0.05) is 48.5 Å². The molecule has 3 amide bonds. The van der Waals surface area contributed by atoms with E-state index in [2.05, 4.69) is 16.0 Å². The lowest BCUT2D eigenvalue weighted by Gasteiger charge is -2.08. The van der Waals surface area contributed by atoms with Crippen LogP contribution >= 0.6 is 0 Å². The molecule has 0 aliphatic heterocycles. The minimum absolute atomic E-state index is 0.166. The monoisotopic (exact) mass is 387 g/mol. The molecule has 0 saturated carbocycles. The number of nitrogens with one attached hydrogen (secondary N) is 3. The molecule has 0 saturated heterocycles. The number of hydrogen-bond acceptors (Lipinski definition) is 3. The maximum absolute atomic E-state index is 12.2. The Kier molecular flexibility index (Phi) is 5.42. The van der Waals surface area contributed by atoms with Gasteiger partial charge in [0.2, 0.25) is 5.91 Å². The molecule has 0 spiro atoms. The average Bonchev–Trinajstić information content (AvgIpc) is 3.11. The number of hydrogen-bond donors (Lipinski definition) is 3. The molecule has 0 bridgehead atoms. The van der Waals surface area contributed by atoms with Crippen LogP contribution in [0.2, 0.25) is 0 Å². The van der Waals surface area contributed by atoms with E-state index in [4.69, 9.17) is 4.42 Å². The number of fused-ring (bicyclic) bond motifs is 3. The Labute approximate surface area is 167 Å². The first kappa shape index (κ1) is 18.6. The molecule has 4 aromatic rings. The SMILES string of the molecule is O=C(CCNC(=O)NCc1ccccc1)Nc1ccc2oc3ccccc3c2c1. The summed E-state index contributed by atoms with van der Waals surface area (Å²) in [5, 5.41) is 10.3. The molecule has 0 unspecified atom stereocenters. The molecule has 3 aromatic carbocycles. The lowest BCUT2D eigenvalue weighted by molar-refractivity contribution is -0.116. The molecule has 146 valence electrons. The normalized spacial score (nSPS) is 10.8. The van der Waals surface area contributed by atoms with Crippen LogP contribution in [0.15, 0.2) is 77.2 Å². The third-order valence-corrected chi connectivity index (χ3v) is 4.59. The summed E-state index contributed by atoms with van der Waals surface area (Å²) in [7, 11) is 0. The second-order valence-corrected chi connectivity index (χ2v) is 6.70. The molecule has 0 aliphatic rings. The van der Waals surface area contributed by atoms with Gasteiger partial charge in [-0.3, -0.25) is 4.79 Å². The molecule has 0 radical (unpaired) electrons. The van der Waals surface area contributed by atoms with Crippen molar-refractivity contribution in [3.63, 3.8) is 0 Å². The maximum Gasteiger partial charge on any atom is 0.315 e. The summed E-state index contributed by atoms with van der Waals surface area (Å²) in [6.07, 6.45) is 0.183. The summed E-state index contributed by atoms with van der Waals surface area (Å²) in [4.78, 5) is 24.0. The van der Waals surface area contributed by atoms with Crippen molar-refractivity contribution in [3.8, 4) is 0 Å². The first-order valence-electron chi connectivity index (χ1n) is 9.46. The third-order valence-electron chi connectivity index (χ3n) is 4.59. The van der Waals surface area contributed by atoms with Crippen molar-refractivity contribution in [2.75, 3.05) is 11.9 Å². The van der Waals surface area contributed by atoms with Crippen molar-refractivity contribution < 1.29 is 14.0 Å². The van der Waals surface area contributed by atoms with Gasteiger partial charge in [0, 0.05) is 36.0 Å². The zero-order valence-electron chi connectivity index (χ0n) is 15.8. The van der Waals surface area contributed by atoms with Crippen LogP contribution in [0.1, 0.15) is 12.0 Å². The van der Waals surface area contributed by atoms with Gasteiger partial charge in [0.25, 0.3) is 0 Å². The third kappa shape index (κ3) is 4.55. The number of carbonyl (C=O) groups excluding carboxylic acids is 2. The number of carbonyl (C=O) groups is 2. The van der Waals surface area contributed by atoms with Crippen LogP contribution in [0.4, 0.5) is 10.5 Å². The minimum Gasteiger partial charge on any atom is -0.456 e. The molecule has 0 atom stereocenters. The topological polar surface area (TPSA) is 83.4 Å². The Morgan fingerprint density at radius 3 is 2.41 bits per heavy atom. The van der Waals surface area contributed by atoms with E-state index in [0.717, 1.165) is 27.5 Å². The van der Waals surface area contributed by atoms with E-state index in [1.807, 2.05) is 72.8 Å². The van der Waals surface area contributed by atoms with Gasteiger partial charge in [-0.25, -0.2) is 4.79 Å². The number of para-hydroxylation sites is 1. The summed E-state index contributed by atoms with van der Waals surface area (Å²) >= 11 is 0. The Morgan fingerprint density at radius 1 is 0.793 bits per heavy atom. The highest BCUT2D eigenvalue weighted by atomic mass is 16.3. The van der Waals surface area contributed by atoms with Crippen molar-refractivity contribution in [1.29, 1.82) is 0 Å². The summed E-state index contributed by atoms with van der Waals surface area (Å²) in [6, 6.07) is 22.7. The van der Waals surface area contributed by atoms with E-state index in [9.17, 15) is 9.59 Å². The van der Waals surface area contributed by atoms with E-state index >= 15 is 0 Å². The Hall–Kier alpha value is -3.80. The largest absolute Gasteiger partial charge is 0.456 e. The summed E-state index contributed by atoms with van der Waals surface area (Å²) in [6.45, 7) is 0.695. The molecule has 4 rings (SSSR count). The number of amides is 3. The summed E-state index contributed by atoms with van der Waals surface area (Å²) < 4.78 is 5.79. The van der Waals surface area contributed by atoms with Crippen molar-refractivity contribution in [1.82, 2.24) is 10.6 Å². The standard InChI is InChI=1S/C23H21N3O3/c27-22(12-13-24-23(28)25-15-16-6-2-1-3-7-16)26-17-10-11-21-19(14-17)18-8-4-5-9-20(18)29-21/h1-11,14H,12-13,15H2,(H,26,27)(H2,24,25,28). The highest BCUT2D eigenvalue weighted by Gasteiger charge is 2.09. The van der Waals surface area contributed by atoms with Gasteiger partial charge in [-0.2, -0.15) is 0 Å². The fourth-order valence-corrected chi connectivity index (χ4v) is 3.16. The number of urea groups is 1. The van der Waals surface area contributed by atoms with E-state index in [1.54, 1.807) is 0 Å². The number of anilines is 1. The van der Waals surface area contributed by atoms with Crippen LogP contribution in [0.3, 0.4) is 0 Å². The summed E-state index contributed by atoms with van der Waals surface area (Å²) in [5.74, 6) is -0.166. The van der Waals surface area contributed by atoms with Gasteiger partial charge in [-0.05, 0) is 29.8 Å². The van der Waals surface area contributed by atoms with Crippen LogP contribution < -0.4 is 16.0 Å². The molecule has 3 N–H and O–H groups in total. The zero-order chi connectivity index (χ0) is 20.1. The van der Waals surface area contributed by atoms with Crippen LogP contribution in [-0.4, -0.2) is 18.5 Å².